The molecule has 27 heavy (non-hydrogen) atoms. The maximum atomic E-state index is 9.55. The van der Waals surface area contributed by atoms with Crippen molar-refractivity contribution in [1.29, 1.82) is 0 Å². The lowest BCUT2D eigenvalue weighted by atomic mass is 9.73. The van der Waals surface area contributed by atoms with E-state index in [4.69, 9.17) is 5.11 Å². The highest BCUT2D eigenvalue weighted by atomic mass is 16.3. The summed E-state index contributed by atoms with van der Waals surface area (Å²) in [5.41, 5.74) is 5.94. The molecule has 2 heteroatoms. The highest BCUT2D eigenvalue weighted by Crippen LogP contribution is 2.40. The van der Waals surface area contributed by atoms with E-state index in [1.807, 2.05) is 0 Å². The smallest absolute Gasteiger partial charge is 0.127 e. The van der Waals surface area contributed by atoms with Gasteiger partial charge in [-0.15, -0.1) is 0 Å². The third-order valence-corrected chi connectivity index (χ3v) is 6.44. The quantitative estimate of drug-likeness (QED) is 0.514. The molecule has 1 unspecified atom stereocenters. The molecule has 1 saturated carbocycles. The number of aliphatic hydroxyl groups excluding tert-OH is 2. The zero-order chi connectivity index (χ0) is 19.2. The first-order valence-electron chi connectivity index (χ1n) is 10.5. The zero-order valence-electron chi connectivity index (χ0n) is 16.8. The summed E-state index contributed by atoms with van der Waals surface area (Å²) in [6, 6.07) is 0. The topological polar surface area (TPSA) is 40.5 Å². The second-order valence-electron chi connectivity index (χ2n) is 8.51. The monoisotopic (exact) mass is 366 g/mol. The van der Waals surface area contributed by atoms with E-state index in [0.717, 1.165) is 38.4 Å². The van der Waals surface area contributed by atoms with Gasteiger partial charge in [0.05, 0.1) is 0 Å². The first kappa shape index (κ1) is 19.8. The molecule has 3 aliphatic carbocycles. The molecule has 0 aliphatic heterocycles. The summed E-state index contributed by atoms with van der Waals surface area (Å²) in [7, 11) is 0. The number of aliphatic hydroxyl groups is 2. The second kappa shape index (κ2) is 9.30. The van der Waals surface area contributed by atoms with Crippen molar-refractivity contribution in [1.82, 2.24) is 0 Å². The Morgan fingerprint density at radius 2 is 1.78 bits per heavy atom. The lowest BCUT2D eigenvalue weighted by molar-refractivity contribution is 0.256. The van der Waals surface area contributed by atoms with E-state index in [9.17, 15) is 5.11 Å². The maximum Gasteiger partial charge on any atom is 0.127 e. The summed E-state index contributed by atoms with van der Waals surface area (Å²) in [4.78, 5) is 0. The van der Waals surface area contributed by atoms with Crippen LogP contribution in [0.25, 0.3) is 0 Å². The summed E-state index contributed by atoms with van der Waals surface area (Å²) in [6.07, 6.45) is 23.6. The third kappa shape index (κ3) is 5.28. The molecule has 3 rings (SSSR count). The van der Waals surface area contributed by atoms with Gasteiger partial charge in [0.15, 0.2) is 0 Å². The van der Waals surface area contributed by atoms with Crippen LogP contribution in [0.3, 0.4) is 0 Å². The van der Waals surface area contributed by atoms with Gasteiger partial charge in [0.25, 0.3) is 0 Å². The Hall–Kier alpha value is -1.96. The van der Waals surface area contributed by atoms with Crippen molar-refractivity contribution in [2.45, 2.75) is 65.2 Å². The van der Waals surface area contributed by atoms with Crippen LogP contribution in [-0.4, -0.2) is 10.2 Å². The highest BCUT2D eigenvalue weighted by Gasteiger charge is 2.27. The zero-order valence-corrected chi connectivity index (χ0v) is 16.8. The minimum atomic E-state index is 0.125. The van der Waals surface area contributed by atoms with Gasteiger partial charge in [0, 0.05) is 12.3 Å². The standard InChI is InChI=1S/C25H34O2/c1-18-5-3-4-6-21(10-7-18)23-13-14-25(19(2)15-23)22-11-8-20(9-12-22)16-24(27)17-26/h5-7,10,13-14,17,20,22-23,26-27H,3-4,8-9,11-12,15-16H2,1-2H3/b10-7-,18-5?,21-6+,24-17-. The summed E-state index contributed by atoms with van der Waals surface area (Å²) >= 11 is 0. The van der Waals surface area contributed by atoms with Crippen LogP contribution in [-0.2, 0) is 0 Å². The van der Waals surface area contributed by atoms with Crippen LogP contribution in [0, 0.1) is 17.8 Å². The van der Waals surface area contributed by atoms with Crippen LogP contribution in [0.5, 0.6) is 0 Å². The van der Waals surface area contributed by atoms with Gasteiger partial charge < -0.3 is 10.2 Å². The van der Waals surface area contributed by atoms with Crippen LogP contribution in [0.15, 0.2) is 70.8 Å². The van der Waals surface area contributed by atoms with Crippen molar-refractivity contribution in [3.05, 3.63) is 70.8 Å². The van der Waals surface area contributed by atoms with Gasteiger partial charge in [-0.1, -0.05) is 47.6 Å². The average Bonchev–Trinajstić information content (AvgIpc) is 2.66. The lowest BCUT2D eigenvalue weighted by Crippen LogP contribution is -2.19. The molecule has 0 aromatic rings. The van der Waals surface area contributed by atoms with Gasteiger partial charge in [0.2, 0.25) is 0 Å². The largest absolute Gasteiger partial charge is 0.512 e. The normalized spacial score (nSPS) is 33.0. The van der Waals surface area contributed by atoms with Gasteiger partial charge in [0.1, 0.15) is 12.0 Å². The average molecular weight is 367 g/mol. The molecule has 0 amide bonds. The van der Waals surface area contributed by atoms with E-state index >= 15 is 0 Å². The van der Waals surface area contributed by atoms with E-state index in [1.54, 1.807) is 11.1 Å². The molecule has 0 bridgehead atoms. The lowest BCUT2D eigenvalue weighted by Gasteiger charge is -2.32. The van der Waals surface area contributed by atoms with Gasteiger partial charge in [-0.2, -0.15) is 0 Å². The summed E-state index contributed by atoms with van der Waals surface area (Å²) in [6.45, 7) is 4.50. The van der Waals surface area contributed by atoms with Gasteiger partial charge in [-0.3, -0.25) is 0 Å². The number of hydrogen-bond acceptors (Lipinski definition) is 2. The molecule has 146 valence electrons. The fourth-order valence-electron chi connectivity index (χ4n) is 4.82. The maximum absolute atomic E-state index is 9.55. The molecule has 0 saturated heterocycles. The summed E-state index contributed by atoms with van der Waals surface area (Å²) in [5, 5.41) is 18.4. The Balaban J connectivity index is 1.60. The molecule has 1 fully saturated rings. The summed E-state index contributed by atoms with van der Waals surface area (Å²) in [5.74, 6) is 1.80. The van der Waals surface area contributed by atoms with Crippen LogP contribution in [0.1, 0.15) is 65.2 Å². The second-order valence-corrected chi connectivity index (χ2v) is 8.51. The summed E-state index contributed by atoms with van der Waals surface area (Å²) < 4.78 is 0. The Morgan fingerprint density at radius 3 is 2.48 bits per heavy atom. The molecule has 0 spiro atoms. The van der Waals surface area contributed by atoms with Crippen LogP contribution < -0.4 is 0 Å². The van der Waals surface area contributed by atoms with Crippen molar-refractivity contribution in [3.63, 3.8) is 0 Å². The van der Waals surface area contributed by atoms with Crippen molar-refractivity contribution >= 4 is 0 Å². The molecule has 0 radical (unpaired) electrons. The van der Waals surface area contributed by atoms with E-state index < -0.39 is 0 Å². The molecule has 2 nitrogen and oxygen atoms in total. The first-order valence-corrected chi connectivity index (χ1v) is 10.5. The number of rotatable bonds is 4. The van der Waals surface area contributed by atoms with Crippen molar-refractivity contribution in [2.24, 2.45) is 17.8 Å². The van der Waals surface area contributed by atoms with Crippen LogP contribution >= 0.6 is 0 Å². The van der Waals surface area contributed by atoms with E-state index in [-0.39, 0.29) is 5.76 Å². The highest BCUT2D eigenvalue weighted by molar-refractivity contribution is 5.39. The molecular weight excluding hydrogens is 332 g/mol. The predicted octanol–water partition coefficient (Wildman–Crippen LogP) is 7.26. The molecular formula is C25H34O2. The molecule has 3 aliphatic rings. The fourth-order valence-corrected chi connectivity index (χ4v) is 4.82. The Kier molecular flexibility index (Phi) is 6.82. The van der Waals surface area contributed by atoms with Crippen molar-refractivity contribution < 1.29 is 10.2 Å². The molecule has 0 aromatic carbocycles. The van der Waals surface area contributed by atoms with E-state index in [0.29, 0.717) is 24.2 Å². The molecule has 0 aromatic heterocycles. The molecule has 0 heterocycles. The van der Waals surface area contributed by atoms with Crippen molar-refractivity contribution in [2.75, 3.05) is 0 Å². The molecule has 1 atom stereocenters. The Bertz CT molecular complexity index is 707. The third-order valence-electron chi connectivity index (χ3n) is 6.44. The fraction of sp³-hybridized carbons (Fsp3) is 0.520. The molecule has 2 N–H and O–H groups in total. The minimum Gasteiger partial charge on any atom is -0.512 e. The SMILES string of the molecule is CC1=CCC/C=C(C2C=CC(C3CCC(C/C(O)=C/O)CC3)=C(C)C2)\C=C/1. The van der Waals surface area contributed by atoms with Crippen molar-refractivity contribution in [3.8, 4) is 0 Å². The van der Waals surface area contributed by atoms with E-state index in [1.165, 1.54) is 24.0 Å². The van der Waals surface area contributed by atoms with Crippen LogP contribution in [0.4, 0.5) is 0 Å². The Morgan fingerprint density at radius 1 is 1.04 bits per heavy atom. The Labute approximate surface area is 164 Å². The minimum absolute atomic E-state index is 0.125. The van der Waals surface area contributed by atoms with Gasteiger partial charge in [-0.25, -0.2) is 0 Å². The van der Waals surface area contributed by atoms with Crippen LogP contribution in [0.2, 0.25) is 0 Å². The van der Waals surface area contributed by atoms with Gasteiger partial charge >= 0.3 is 0 Å². The predicted molar refractivity (Wildman–Crippen MR) is 114 cm³/mol. The van der Waals surface area contributed by atoms with Gasteiger partial charge in [-0.05, 0) is 81.8 Å². The first-order chi connectivity index (χ1) is 13.1. The number of allylic oxidation sites excluding steroid dienone is 11. The number of hydrogen-bond donors (Lipinski definition) is 2. The van der Waals surface area contributed by atoms with E-state index in [2.05, 4.69) is 50.3 Å².